The van der Waals surface area contributed by atoms with Gasteiger partial charge < -0.3 is 10.1 Å². The first kappa shape index (κ1) is 10.3. The van der Waals surface area contributed by atoms with E-state index in [0.29, 0.717) is 11.5 Å². The Morgan fingerprint density at radius 2 is 2.00 bits per heavy atom. The Morgan fingerprint density at radius 1 is 1.25 bits per heavy atom. The molecule has 2 heteroatoms. The second kappa shape index (κ2) is 3.86. The number of nitrogens with one attached hydrogen (secondary N) is 1. The van der Waals surface area contributed by atoms with Gasteiger partial charge in [0, 0.05) is 31.2 Å². The third-order valence-corrected chi connectivity index (χ3v) is 4.20. The van der Waals surface area contributed by atoms with Gasteiger partial charge in [0.1, 0.15) is 0 Å². The van der Waals surface area contributed by atoms with E-state index in [1.54, 1.807) is 5.56 Å². The molecule has 0 amide bonds. The van der Waals surface area contributed by atoms with Crippen molar-refractivity contribution in [3.63, 3.8) is 0 Å². The van der Waals surface area contributed by atoms with Crippen molar-refractivity contribution >= 4 is 0 Å². The maximum absolute atomic E-state index is 5.51. The van der Waals surface area contributed by atoms with E-state index < -0.39 is 0 Å². The van der Waals surface area contributed by atoms with E-state index in [-0.39, 0.29) is 0 Å². The van der Waals surface area contributed by atoms with Crippen LogP contribution >= 0.6 is 0 Å². The molecular weight excluding hydrogens is 198 g/mol. The summed E-state index contributed by atoms with van der Waals surface area (Å²) in [6.07, 6.45) is 2.31. The summed E-state index contributed by atoms with van der Waals surface area (Å²) in [7, 11) is 0. The highest BCUT2D eigenvalue weighted by molar-refractivity contribution is 5.39. The fourth-order valence-corrected chi connectivity index (χ4v) is 3.12. The minimum absolute atomic E-state index is 0.335. The summed E-state index contributed by atoms with van der Waals surface area (Å²) >= 11 is 0. The molecule has 1 N–H and O–H groups in total. The highest BCUT2D eigenvalue weighted by Gasteiger charge is 2.39. The molecule has 1 spiro atoms. The summed E-state index contributed by atoms with van der Waals surface area (Å²) in [5.41, 5.74) is 3.38. The Bertz CT molecular complexity index is 382. The first-order chi connectivity index (χ1) is 7.82. The van der Waals surface area contributed by atoms with Crippen molar-refractivity contribution in [1.29, 1.82) is 0 Å². The molecule has 1 aromatic carbocycles. The van der Waals surface area contributed by atoms with Crippen molar-refractivity contribution in [3.8, 4) is 0 Å². The highest BCUT2D eigenvalue weighted by Crippen LogP contribution is 2.41. The molecule has 1 saturated heterocycles. The van der Waals surface area contributed by atoms with E-state index in [4.69, 9.17) is 4.74 Å². The molecular formula is C14H19NO. The molecule has 2 aliphatic rings. The maximum Gasteiger partial charge on any atom is 0.0475 e. The van der Waals surface area contributed by atoms with Gasteiger partial charge in [-0.15, -0.1) is 0 Å². The van der Waals surface area contributed by atoms with Gasteiger partial charge >= 0.3 is 0 Å². The SMILES string of the molecule is CC1NCC2(CCOCC2)c2ccccc21. The van der Waals surface area contributed by atoms with Crippen LogP contribution in [0.5, 0.6) is 0 Å². The minimum Gasteiger partial charge on any atom is -0.381 e. The van der Waals surface area contributed by atoms with Crippen molar-refractivity contribution < 1.29 is 4.74 Å². The lowest BCUT2D eigenvalue weighted by atomic mass is 9.69. The van der Waals surface area contributed by atoms with Crippen LogP contribution < -0.4 is 5.32 Å². The maximum atomic E-state index is 5.51. The van der Waals surface area contributed by atoms with E-state index in [1.165, 1.54) is 5.56 Å². The number of benzene rings is 1. The lowest BCUT2D eigenvalue weighted by molar-refractivity contribution is 0.0457. The molecule has 0 aromatic heterocycles. The van der Waals surface area contributed by atoms with Crippen LogP contribution in [0.2, 0.25) is 0 Å². The first-order valence-electron chi connectivity index (χ1n) is 6.22. The van der Waals surface area contributed by atoms with Crippen molar-refractivity contribution in [1.82, 2.24) is 5.32 Å². The predicted octanol–water partition coefficient (Wildman–Crippen LogP) is 2.40. The van der Waals surface area contributed by atoms with E-state index in [0.717, 1.165) is 32.6 Å². The quantitative estimate of drug-likeness (QED) is 0.720. The smallest absolute Gasteiger partial charge is 0.0475 e. The number of fused-ring (bicyclic) bond motifs is 2. The molecule has 16 heavy (non-hydrogen) atoms. The summed E-state index contributed by atoms with van der Waals surface area (Å²) in [4.78, 5) is 0. The Morgan fingerprint density at radius 3 is 2.81 bits per heavy atom. The molecule has 2 heterocycles. The van der Waals surface area contributed by atoms with Crippen LogP contribution in [0.1, 0.15) is 36.9 Å². The van der Waals surface area contributed by atoms with Crippen molar-refractivity contribution in [2.45, 2.75) is 31.2 Å². The van der Waals surface area contributed by atoms with E-state index in [9.17, 15) is 0 Å². The van der Waals surface area contributed by atoms with Crippen LogP contribution in [0.25, 0.3) is 0 Å². The number of ether oxygens (including phenoxy) is 1. The summed E-state index contributed by atoms with van der Waals surface area (Å²) in [5.74, 6) is 0. The molecule has 1 atom stereocenters. The minimum atomic E-state index is 0.335. The molecule has 2 nitrogen and oxygen atoms in total. The molecule has 0 bridgehead atoms. The Balaban J connectivity index is 2.06. The van der Waals surface area contributed by atoms with Crippen molar-refractivity contribution in [3.05, 3.63) is 35.4 Å². The number of rotatable bonds is 0. The molecule has 2 aliphatic heterocycles. The molecule has 0 saturated carbocycles. The van der Waals surface area contributed by atoms with Gasteiger partial charge in [-0.2, -0.15) is 0 Å². The average molecular weight is 217 g/mol. The van der Waals surface area contributed by atoms with Crippen LogP contribution in [0, 0.1) is 0 Å². The van der Waals surface area contributed by atoms with Crippen molar-refractivity contribution in [2.75, 3.05) is 19.8 Å². The zero-order valence-corrected chi connectivity index (χ0v) is 9.83. The average Bonchev–Trinajstić information content (AvgIpc) is 2.36. The first-order valence-corrected chi connectivity index (χ1v) is 6.22. The van der Waals surface area contributed by atoms with Gasteiger partial charge in [-0.05, 0) is 30.9 Å². The Hall–Kier alpha value is -0.860. The second-order valence-corrected chi connectivity index (χ2v) is 5.08. The van der Waals surface area contributed by atoms with Gasteiger partial charge in [0.05, 0.1) is 0 Å². The van der Waals surface area contributed by atoms with Crippen LogP contribution in [0.3, 0.4) is 0 Å². The van der Waals surface area contributed by atoms with Gasteiger partial charge in [0.2, 0.25) is 0 Å². The summed E-state index contributed by atoms with van der Waals surface area (Å²) < 4.78 is 5.51. The fourth-order valence-electron chi connectivity index (χ4n) is 3.12. The summed E-state index contributed by atoms with van der Waals surface area (Å²) in [6.45, 7) is 5.17. The normalized spacial score (nSPS) is 27.7. The van der Waals surface area contributed by atoms with Gasteiger partial charge in [-0.3, -0.25) is 0 Å². The number of hydrogen-bond donors (Lipinski definition) is 1. The fraction of sp³-hybridized carbons (Fsp3) is 0.571. The zero-order chi connectivity index (χ0) is 11.0. The van der Waals surface area contributed by atoms with E-state index in [2.05, 4.69) is 36.5 Å². The van der Waals surface area contributed by atoms with Crippen LogP contribution in [-0.2, 0) is 10.2 Å². The summed E-state index contributed by atoms with van der Waals surface area (Å²) in [5, 5.41) is 3.64. The summed E-state index contributed by atoms with van der Waals surface area (Å²) in [6, 6.07) is 9.40. The molecule has 1 unspecified atom stereocenters. The van der Waals surface area contributed by atoms with Crippen LogP contribution in [-0.4, -0.2) is 19.8 Å². The van der Waals surface area contributed by atoms with E-state index >= 15 is 0 Å². The molecule has 1 aromatic rings. The second-order valence-electron chi connectivity index (χ2n) is 5.08. The molecule has 3 rings (SSSR count). The molecule has 1 fully saturated rings. The van der Waals surface area contributed by atoms with E-state index in [1.807, 2.05) is 0 Å². The lowest BCUT2D eigenvalue weighted by Gasteiger charge is -2.44. The van der Waals surface area contributed by atoms with Crippen molar-refractivity contribution in [2.24, 2.45) is 0 Å². The van der Waals surface area contributed by atoms with Crippen LogP contribution in [0.4, 0.5) is 0 Å². The Labute approximate surface area is 97.0 Å². The topological polar surface area (TPSA) is 21.3 Å². The molecule has 0 radical (unpaired) electrons. The lowest BCUT2D eigenvalue weighted by Crippen LogP contribution is -2.47. The Kier molecular flexibility index (Phi) is 2.49. The predicted molar refractivity (Wildman–Crippen MR) is 64.6 cm³/mol. The largest absolute Gasteiger partial charge is 0.381 e. The highest BCUT2D eigenvalue weighted by atomic mass is 16.5. The standard InChI is InChI=1S/C14H19NO/c1-11-12-4-2-3-5-13(12)14(10-15-11)6-8-16-9-7-14/h2-5,11,15H,6-10H2,1H3. The number of hydrogen-bond acceptors (Lipinski definition) is 2. The van der Waals surface area contributed by atoms with Gasteiger partial charge in [-0.25, -0.2) is 0 Å². The molecule has 86 valence electrons. The van der Waals surface area contributed by atoms with Gasteiger partial charge in [0.25, 0.3) is 0 Å². The van der Waals surface area contributed by atoms with Gasteiger partial charge in [-0.1, -0.05) is 24.3 Å². The third-order valence-electron chi connectivity index (χ3n) is 4.20. The zero-order valence-electron chi connectivity index (χ0n) is 9.83. The monoisotopic (exact) mass is 217 g/mol. The van der Waals surface area contributed by atoms with Gasteiger partial charge in [0.15, 0.2) is 0 Å². The van der Waals surface area contributed by atoms with Crippen LogP contribution in [0.15, 0.2) is 24.3 Å². The molecule has 0 aliphatic carbocycles. The third kappa shape index (κ3) is 1.48.